The smallest absolute Gasteiger partial charge is 0.0928 e. The number of halogens is 1. The Morgan fingerprint density at radius 1 is 1.11 bits per heavy atom. The summed E-state index contributed by atoms with van der Waals surface area (Å²) in [4.78, 5) is 0. The van der Waals surface area contributed by atoms with Gasteiger partial charge in [0.25, 0.3) is 0 Å². The fraction of sp³-hybridized carbons (Fsp3) is 0.625. The molecule has 1 unspecified atom stereocenters. The zero-order valence-electron chi connectivity index (χ0n) is 11.4. The number of hydrogen-bond acceptors (Lipinski definition) is 2. The zero-order valence-corrected chi connectivity index (χ0v) is 12.2. The molecule has 1 aliphatic rings. The van der Waals surface area contributed by atoms with Gasteiger partial charge in [0.05, 0.1) is 6.10 Å². The number of nitrogens with one attached hydrogen (secondary N) is 1. The van der Waals surface area contributed by atoms with Crippen LogP contribution < -0.4 is 5.32 Å². The topological polar surface area (TPSA) is 32.3 Å². The highest BCUT2D eigenvalue weighted by Gasteiger charge is 2.15. The van der Waals surface area contributed by atoms with Crippen molar-refractivity contribution in [2.45, 2.75) is 57.1 Å². The van der Waals surface area contributed by atoms with Gasteiger partial charge in [0.1, 0.15) is 0 Å². The summed E-state index contributed by atoms with van der Waals surface area (Å²) < 4.78 is 0. The number of aliphatic hydroxyl groups is 1. The molecule has 2 nitrogen and oxygen atoms in total. The average Bonchev–Trinajstić information content (AvgIpc) is 2.37. The monoisotopic (exact) mass is 281 g/mol. The van der Waals surface area contributed by atoms with Crippen LogP contribution in [0.1, 0.15) is 56.6 Å². The standard InChI is InChI=1S/C16H24ClNO/c17-15-11-7-6-10-14(15)16(19)12-18-13-8-4-2-1-3-5-9-13/h6-7,10-11,13,16,18-19H,1-5,8-9,12H2. The van der Waals surface area contributed by atoms with Gasteiger partial charge in [-0.1, -0.05) is 61.9 Å². The van der Waals surface area contributed by atoms with Gasteiger partial charge in [-0.3, -0.25) is 0 Å². The second-order valence-corrected chi connectivity index (χ2v) is 5.89. The van der Waals surface area contributed by atoms with Crippen molar-refractivity contribution in [3.8, 4) is 0 Å². The second kappa shape index (κ2) is 7.88. The molecule has 1 fully saturated rings. The van der Waals surface area contributed by atoms with Crippen LogP contribution in [-0.4, -0.2) is 17.7 Å². The van der Waals surface area contributed by atoms with E-state index in [4.69, 9.17) is 11.6 Å². The van der Waals surface area contributed by atoms with E-state index in [1.54, 1.807) is 0 Å². The van der Waals surface area contributed by atoms with Gasteiger partial charge in [0.15, 0.2) is 0 Å². The van der Waals surface area contributed by atoms with Gasteiger partial charge in [-0.2, -0.15) is 0 Å². The van der Waals surface area contributed by atoms with E-state index in [0.29, 0.717) is 17.6 Å². The molecule has 3 heteroatoms. The maximum Gasteiger partial charge on any atom is 0.0928 e. The molecule has 1 saturated carbocycles. The summed E-state index contributed by atoms with van der Waals surface area (Å²) >= 11 is 6.10. The minimum absolute atomic E-state index is 0.515. The van der Waals surface area contributed by atoms with E-state index in [1.165, 1.54) is 44.9 Å². The summed E-state index contributed by atoms with van der Waals surface area (Å²) in [5.41, 5.74) is 0.822. The summed E-state index contributed by atoms with van der Waals surface area (Å²) in [5, 5.41) is 14.4. The highest BCUT2D eigenvalue weighted by Crippen LogP contribution is 2.23. The summed E-state index contributed by atoms with van der Waals surface area (Å²) in [7, 11) is 0. The molecule has 1 atom stereocenters. The van der Waals surface area contributed by atoms with E-state index >= 15 is 0 Å². The summed E-state index contributed by atoms with van der Waals surface area (Å²) in [6, 6.07) is 8.08. The van der Waals surface area contributed by atoms with Gasteiger partial charge in [-0.25, -0.2) is 0 Å². The van der Waals surface area contributed by atoms with E-state index < -0.39 is 6.10 Å². The van der Waals surface area contributed by atoms with Crippen LogP contribution in [-0.2, 0) is 0 Å². The van der Waals surface area contributed by atoms with Gasteiger partial charge in [0, 0.05) is 23.2 Å². The Hall–Kier alpha value is -0.570. The van der Waals surface area contributed by atoms with E-state index in [2.05, 4.69) is 5.32 Å². The molecule has 1 aromatic carbocycles. The zero-order chi connectivity index (χ0) is 13.5. The summed E-state index contributed by atoms with van der Waals surface area (Å²) in [6.07, 6.45) is 8.65. The number of benzene rings is 1. The lowest BCUT2D eigenvalue weighted by atomic mass is 9.96. The van der Waals surface area contributed by atoms with E-state index in [9.17, 15) is 5.11 Å². The fourth-order valence-electron chi connectivity index (χ4n) is 2.79. The van der Waals surface area contributed by atoms with Crippen LogP contribution in [0.4, 0.5) is 0 Å². The minimum atomic E-state index is -0.515. The molecule has 0 amide bonds. The molecule has 0 saturated heterocycles. The normalized spacial score (nSPS) is 19.7. The predicted molar refractivity (Wildman–Crippen MR) is 80.5 cm³/mol. The third-order valence-electron chi connectivity index (χ3n) is 3.97. The van der Waals surface area contributed by atoms with Crippen molar-refractivity contribution >= 4 is 11.6 Å². The van der Waals surface area contributed by atoms with Crippen LogP contribution in [0.3, 0.4) is 0 Å². The van der Waals surface area contributed by atoms with Gasteiger partial charge in [-0.15, -0.1) is 0 Å². The predicted octanol–water partition coefficient (Wildman–Crippen LogP) is 4.08. The largest absolute Gasteiger partial charge is 0.387 e. The quantitative estimate of drug-likeness (QED) is 0.872. The molecular formula is C16H24ClNO. The first-order valence-electron chi connectivity index (χ1n) is 7.43. The SMILES string of the molecule is OC(CNC1CCCCCCC1)c1ccccc1Cl. The molecule has 2 rings (SSSR count). The van der Waals surface area contributed by atoms with Crippen LogP contribution in [0, 0.1) is 0 Å². The molecular weight excluding hydrogens is 258 g/mol. The molecule has 0 radical (unpaired) electrons. The summed E-state index contributed by atoms with van der Waals surface area (Å²) in [5.74, 6) is 0. The molecule has 0 heterocycles. The molecule has 2 N–H and O–H groups in total. The van der Waals surface area contributed by atoms with E-state index in [1.807, 2.05) is 24.3 Å². The Kier molecular flexibility index (Phi) is 6.15. The molecule has 0 aliphatic heterocycles. The first-order chi connectivity index (χ1) is 9.27. The second-order valence-electron chi connectivity index (χ2n) is 5.49. The number of hydrogen-bond donors (Lipinski definition) is 2. The molecule has 0 spiro atoms. The number of rotatable bonds is 4. The van der Waals surface area contributed by atoms with Crippen LogP contribution in [0.15, 0.2) is 24.3 Å². The first kappa shape index (κ1) is 14.8. The van der Waals surface area contributed by atoms with Crippen molar-refractivity contribution in [1.29, 1.82) is 0 Å². The van der Waals surface area contributed by atoms with Gasteiger partial charge in [0.2, 0.25) is 0 Å². The molecule has 0 aromatic heterocycles. The maximum atomic E-state index is 10.2. The van der Waals surface area contributed by atoms with Crippen LogP contribution in [0.25, 0.3) is 0 Å². The molecule has 19 heavy (non-hydrogen) atoms. The van der Waals surface area contributed by atoms with Gasteiger partial charge in [-0.05, 0) is 18.9 Å². The van der Waals surface area contributed by atoms with Crippen molar-refractivity contribution in [3.05, 3.63) is 34.9 Å². The molecule has 0 bridgehead atoms. The van der Waals surface area contributed by atoms with Crippen LogP contribution in [0.5, 0.6) is 0 Å². The molecule has 1 aromatic rings. The van der Waals surface area contributed by atoms with Crippen molar-refractivity contribution in [2.24, 2.45) is 0 Å². The first-order valence-corrected chi connectivity index (χ1v) is 7.81. The van der Waals surface area contributed by atoms with Crippen molar-refractivity contribution in [2.75, 3.05) is 6.54 Å². The van der Waals surface area contributed by atoms with Crippen molar-refractivity contribution in [1.82, 2.24) is 5.32 Å². The van der Waals surface area contributed by atoms with Crippen molar-refractivity contribution < 1.29 is 5.11 Å². The van der Waals surface area contributed by atoms with Gasteiger partial charge < -0.3 is 10.4 Å². The minimum Gasteiger partial charge on any atom is -0.387 e. The maximum absolute atomic E-state index is 10.2. The highest BCUT2D eigenvalue weighted by atomic mass is 35.5. The third-order valence-corrected chi connectivity index (χ3v) is 4.31. The lowest BCUT2D eigenvalue weighted by Gasteiger charge is -2.23. The summed E-state index contributed by atoms with van der Waals surface area (Å²) in [6.45, 7) is 0.592. The van der Waals surface area contributed by atoms with E-state index in [-0.39, 0.29) is 0 Å². The lowest BCUT2D eigenvalue weighted by Crippen LogP contribution is -2.33. The Balaban J connectivity index is 1.82. The van der Waals surface area contributed by atoms with Gasteiger partial charge >= 0.3 is 0 Å². The lowest BCUT2D eigenvalue weighted by molar-refractivity contribution is 0.167. The van der Waals surface area contributed by atoms with E-state index in [0.717, 1.165) is 5.56 Å². The van der Waals surface area contributed by atoms with Crippen LogP contribution >= 0.6 is 11.6 Å². The Labute approximate surface area is 121 Å². The van der Waals surface area contributed by atoms with Crippen LogP contribution in [0.2, 0.25) is 5.02 Å². The van der Waals surface area contributed by atoms with Crippen molar-refractivity contribution in [3.63, 3.8) is 0 Å². The fourth-order valence-corrected chi connectivity index (χ4v) is 3.06. The third kappa shape index (κ3) is 4.79. The number of aliphatic hydroxyl groups excluding tert-OH is 1. The molecule has 1 aliphatic carbocycles. The average molecular weight is 282 g/mol. The Bertz CT molecular complexity index is 375. The Morgan fingerprint density at radius 2 is 1.74 bits per heavy atom. The Morgan fingerprint density at radius 3 is 2.42 bits per heavy atom. The molecule has 106 valence electrons. The highest BCUT2D eigenvalue weighted by molar-refractivity contribution is 6.31.